The maximum atomic E-state index is 9.99. The van der Waals surface area contributed by atoms with Crippen molar-refractivity contribution < 1.29 is 14.6 Å². The number of aliphatic hydroxyl groups is 1. The van der Waals surface area contributed by atoms with Gasteiger partial charge in [-0.05, 0) is 17.7 Å². The zero-order valence-electron chi connectivity index (χ0n) is 11.0. The van der Waals surface area contributed by atoms with E-state index < -0.39 is 6.10 Å². The largest absolute Gasteiger partial charge is 0.497 e. The summed E-state index contributed by atoms with van der Waals surface area (Å²) in [4.78, 5) is 0. The van der Waals surface area contributed by atoms with Crippen molar-refractivity contribution in [1.82, 2.24) is 0 Å². The van der Waals surface area contributed by atoms with E-state index in [0.717, 1.165) is 17.1 Å². The fraction of sp³-hybridized carbons (Fsp3) is 0.250. The normalized spacial score (nSPS) is 11.9. The van der Waals surface area contributed by atoms with E-state index in [1.54, 1.807) is 7.11 Å². The molecule has 0 aliphatic heterocycles. The van der Waals surface area contributed by atoms with Crippen LogP contribution in [0.5, 0.6) is 11.5 Å². The van der Waals surface area contributed by atoms with Gasteiger partial charge in [0.25, 0.3) is 0 Å². The standard InChI is InChI=1S/C16H18O3/c1-18-14-8-5-9-15(12-14)19-11-10-16(17)13-6-3-2-4-7-13/h2-9,12,16-17H,10-11H2,1H3. The summed E-state index contributed by atoms with van der Waals surface area (Å²) in [5.41, 5.74) is 0.914. The predicted molar refractivity (Wildman–Crippen MR) is 74.5 cm³/mol. The Morgan fingerprint density at radius 3 is 2.47 bits per heavy atom. The number of aliphatic hydroxyl groups excluding tert-OH is 1. The van der Waals surface area contributed by atoms with Gasteiger partial charge in [-0.2, -0.15) is 0 Å². The summed E-state index contributed by atoms with van der Waals surface area (Å²) in [6, 6.07) is 17.0. The number of methoxy groups -OCH3 is 1. The first-order chi connectivity index (χ1) is 9.29. The Hall–Kier alpha value is -2.00. The molecule has 0 bridgehead atoms. The molecular weight excluding hydrogens is 240 g/mol. The first-order valence-corrected chi connectivity index (χ1v) is 6.29. The van der Waals surface area contributed by atoms with E-state index in [0.29, 0.717) is 13.0 Å². The molecule has 19 heavy (non-hydrogen) atoms. The molecule has 0 saturated carbocycles. The molecule has 0 radical (unpaired) electrons. The van der Waals surface area contributed by atoms with Crippen molar-refractivity contribution in [3.8, 4) is 11.5 Å². The van der Waals surface area contributed by atoms with Crippen LogP contribution in [0.1, 0.15) is 18.1 Å². The lowest BCUT2D eigenvalue weighted by Gasteiger charge is -2.12. The highest BCUT2D eigenvalue weighted by atomic mass is 16.5. The van der Waals surface area contributed by atoms with Crippen LogP contribution >= 0.6 is 0 Å². The van der Waals surface area contributed by atoms with Crippen LogP contribution in [0, 0.1) is 0 Å². The van der Waals surface area contributed by atoms with Gasteiger partial charge in [0.15, 0.2) is 0 Å². The van der Waals surface area contributed by atoms with Crippen molar-refractivity contribution in [2.24, 2.45) is 0 Å². The zero-order chi connectivity index (χ0) is 13.5. The van der Waals surface area contributed by atoms with Crippen molar-refractivity contribution in [1.29, 1.82) is 0 Å². The van der Waals surface area contributed by atoms with Gasteiger partial charge in [-0.25, -0.2) is 0 Å². The van der Waals surface area contributed by atoms with Gasteiger partial charge in [0.05, 0.1) is 19.8 Å². The molecule has 1 atom stereocenters. The van der Waals surface area contributed by atoms with Crippen LogP contribution in [0.2, 0.25) is 0 Å². The highest BCUT2D eigenvalue weighted by Gasteiger charge is 2.07. The maximum Gasteiger partial charge on any atom is 0.122 e. The Morgan fingerprint density at radius 1 is 1.00 bits per heavy atom. The van der Waals surface area contributed by atoms with Crippen molar-refractivity contribution in [2.75, 3.05) is 13.7 Å². The predicted octanol–water partition coefficient (Wildman–Crippen LogP) is 3.20. The van der Waals surface area contributed by atoms with Gasteiger partial charge < -0.3 is 14.6 Å². The molecule has 0 aliphatic rings. The first kappa shape index (κ1) is 13.4. The summed E-state index contributed by atoms with van der Waals surface area (Å²) in [7, 11) is 1.62. The second kappa shape index (κ2) is 6.81. The second-order valence-corrected chi connectivity index (χ2v) is 4.24. The van der Waals surface area contributed by atoms with Crippen LogP contribution < -0.4 is 9.47 Å². The smallest absolute Gasteiger partial charge is 0.122 e. The lowest BCUT2D eigenvalue weighted by atomic mass is 10.1. The molecular formula is C16H18O3. The van der Waals surface area contributed by atoms with Crippen LogP contribution in [0.25, 0.3) is 0 Å². The average molecular weight is 258 g/mol. The molecule has 3 nitrogen and oxygen atoms in total. The number of benzene rings is 2. The van der Waals surface area contributed by atoms with Gasteiger partial charge in [0.1, 0.15) is 11.5 Å². The van der Waals surface area contributed by atoms with E-state index in [1.165, 1.54) is 0 Å². The van der Waals surface area contributed by atoms with Crippen LogP contribution in [0.15, 0.2) is 54.6 Å². The number of rotatable bonds is 6. The second-order valence-electron chi connectivity index (χ2n) is 4.24. The lowest BCUT2D eigenvalue weighted by molar-refractivity contribution is 0.140. The Labute approximate surface area is 113 Å². The van der Waals surface area contributed by atoms with Gasteiger partial charge in [-0.3, -0.25) is 0 Å². The minimum atomic E-state index is -0.494. The summed E-state index contributed by atoms with van der Waals surface area (Å²) in [6.45, 7) is 0.462. The Bertz CT molecular complexity index is 496. The van der Waals surface area contributed by atoms with E-state index in [9.17, 15) is 5.11 Å². The molecule has 3 heteroatoms. The third-order valence-corrected chi connectivity index (χ3v) is 2.89. The van der Waals surface area contributed by atoms with E-state index >= 15 is 0 Å². The Balaban J connectivity index is 1.83. The van der Waals surface area contributed by atoms with Gasteiger partial charge in [-0.1, -0.05) is 36.4 Å². The molecule has 0 fully saturated rings. The molecule has 100 valence electrons. The molecule has 1 N–H and O–H groups in total. The zero-order valence-corrected chi connectivity index (χ0v) is 11.0. The summed E-state index contributed by atoms with van der Waals surface area (Å²) in [5, 5.41) is 9.99. The van der Waals surface area contributed by atoms with Gasteiger partial charge in [-0.15, -0.1) is 0 Å². The minimum absolute atomic E-state index is 0.462. The van der Waals surface area contributed by atoms with E-state index in [2.05, 4.69) is 0 Å². The highest BCUT2D eigenvalue weighted by Crippen LogP contribution is 2.20. The quantitative estimate of drug-likeness (QED) is 0.864. The van der Waals surface area contributed by atoms with Crippen LogP contribution in [0.3, 0.4) is 0 Å². The van der Waals surface area contributed by atoms with E-state index in [-0.39, 0.29) is 0 Å². The minimum Gasteiger partial charge on any atom is -0.497 e. The summed E-state index contributed by atoms with van der Waals surface area (Å²) < 4.78 is 10.7. The fourth-order valence-electron chi connectivity index (χ4n) is 1.82. The number of hydrogen-bond acceptors (Lipinski definition) is 3. The van der Waals surface area contributed by atoms with Crippen LogP contribution in [-0.4, -0.2) is 18.8 Å². The number of ether oxygens (including phenoxy) is 2. The molecule has 2 aromatic carbocycles. The molecule has 2 aromatic rings. The monoisotopic (exact) mass is 258 g/mol. The molecule has 0 heterocycles. The first-order valence-electron chi connectivity index (χ1n) is 6.29. The van der Waals surface area contributed by atoms with Crippen molar-refractivity contribution in [2.45, 2.75) is 12.5 Å². The molecule has 0 aromatic heterocycles. The van der Waals surface area contributed by atoms with Crippen LogP contribution in [0.4, 0.5) is 0 Å². The molecule has 0 spiro atoms. The molecule has 0 amide bonds. The Kier molecular flexibility index (Phi) is 4.81. The third kappa shape index (κ3) is 4.00. The van der Waals surface area contributed by atoms with Gasteiger partial charge >= 0.3 is 0 Å². The van der Waals surface area contributed by atoms with Crippen molar-refractivity contribution >= 4 is 0 Å². The van der Waals surface area contributed by atoms with Crippen molar-refractivity contribution in [3.05, 3.63) is 60.2 Å². The molecule has 2 rings (SSSR count). The van der Waals surface area contributed by atoms with E-state index in [4.69, 9.17) is 9.47 Å². The van der Waals surface area contributed by atoms with E-state index in [1.807, 2.05) is 54.6 Å². The summed E-state index contributed by atoms with van der Waals surface area (Å²) >= 11 is 0. The Morgan fingerprint density at radius 2 is 1.74 bits per heavy atom. The molecule has 1 unspecified atom stereocenters. The van der Waals surface area contributed by atoms with Gasteiger partial charge in [0, 0.05) is 12.5 Å². The third-order valence-electron chi connectivity index (χ3n) is 2.89. The fourth-order valence-corrected chi connectivity index (χ4v) is 1.82. The number of hydrogen-bond donors (Lipinski definition) is 1. The average Bonchev–Trinajstić information content (AvgIpc) is 2.48. The summed E-state index contributed by atoms with van der Waals surface area (Å²) in [5.74, 6) is 1.51. The SMILES string of the molecule is COc1cccc(OCCC(O)c2ccccc2)c1. The lowest BCUT2D eigenvalue weighted by Crippen LogP contribution is -2.05. The van der Waals surface area contributed by atoms with Crippen LogP contribution in [-0.2, 0) is 0 Å². The summed E-state index contributed by atoms with van der Waals surface area (Å²) in [6.07, 6.45) is 0.0631. The van der Waals surface area contributed by atoms with Crippen molar-refractivity contribution in [3.63, 3.8) is 0 Å². The van der Waals surface area contributed by atoms with Gasteiger partial charge in [0.2, 0.25) is 0 Å². The molecule has 0 saturated heterocycles. The topological polar surface area (TPSA) is 38.7 Å². The maximum absolute atomic E-state index is 9.99. The molecule has 0 aliphatic carbocycles. The highest BCUT2D eigenvalue weighted by molar-refractivity contribution is 5.32.